The van der Waals surface area contributed by atoms with Crippen LogP contribution in [0, 0.1) is 0 Å². The van der Waals surface area contributed by atoms with E-state index in [1.54, 1.807) is 24.4 Å². The monoisotopic (exact) mass is 303 g/mol. The molecule has 1 heterocycles. The number of aromatic nitrogens is 2. The fourth-order valence-electron chi connectivity index (χ4n) is 1.86. The van der Waals surface area contributed by atoms with Crippen molar-refractivity contribution in [3.05, 3.63) is 41.6 Å². The van der Waals surface area contributed by atoms with Crippen LogP contribution in [-0.4, -0.2) is 37.3 Å². The molecule has 2 rings (SSSR count). The predicted molar refractivity (Wildman–Crippen MR) is 80.2 cm³/mol. The number of anilines is 1. The number of nitrogens with one attached hydrogen (secondary N) is 1. The van der Waals surface area contributed by atoms with Gasteiger partial charge in [-0.15, -0.1) is 0 Å². The molecule has 0 aliphatic carbocycles. The molecule has 0 spiro atoms. The number of ether oxygens (including phenoxy) is 3. The average Bonchev–Trinajstić information content (AvgIpc) is 2.59. The molecule has 0 aliphatic rings. The van der Waals surface area contributed by atoms with Gasteiger partial charge in [-0.2, -0.15) is 4.98 Å². The zero-order valence-corrected chi connectivity index (χ0v) is 12.6. The molecule has 0 unspecified atom stereocenters. The number of carbonyl (C=O) groups excluding carboxylic acids is 1. The summed E-state index contributed by atoms with van der Waals surface area (Å²) in [6.07, 6.45) is 1.60. The Labute approximate surface area is 128 Å². The van der Waals surface area contributed by atoms with E-state index in [4.69, 9.17) is 14.2 Å². The summed E-state index contributed by atoms with van der Waals surface area (Å²) in [5.41, 5.74) is 1.24. The molecule has 116 valence electrons. The Bertz CT molecular complexity index is 661. The van der Waals surface area contributed by atoms with Gasteiger partial charge in [-0.1, -0.05) is 6.07 Å². The fourth-order valence-corrected chi connectivity index (χ4v) is 1.86. The van der Waals surface area contributed by atoms with Crippen LogP contribution in [0.3, 0.4) is 0 Å². The second-order valence-corrected chi connectivity index (χ2v) is 4.30. The van der Waals surface area contributed by atoms with Crippen molar-refractivity contribution in [2.45, 2.75) is 6.54 Å². The van der Waals surface area contributed by atoms with Gasteiger partial charge >= 0.3 is 5.97 Å². The van der Waals surface area contributed by atoms with Crippen LogP contribution < -0.4 is 14.8 Å². The van der Waals surface area contributed by atoms with Gasteiger partial charge in [-0.3, -0.25) is 0 Å². The van der Waals surface area contributed by atoms with E-state index < -0.39 is 5.97 Å². The van der Waals surface area contributed by atoms with Gasteiger partial charge in [0.25, 0.3) is 0 Å². The lowest BCUT2D eigenvalue weighted by molar-refractivity contribution is 0.0597. The molecule has 0 bridgehead atoms. The number of methoxy groups -OCH3 is 3. The highest BCUT2D eigenvalue weighted by atomic mass is 16.5. The second kappa shape index (κ2) is 7.26. The van der Waals surface area contributed by atoms with Gasteiger partial charge in [-0.05, 0) is 17.7 Å². The Balaban J connectivity index is 2.14. The maximum Gasteiger partial charge on any atom is 0.341 e. The van der Waals surface area contributed by atoms with Crippen molar-refractivity contribution in [3.63, 3.8) is 0 Å². The number of rotatable bonds is 6. The van der Waals surface area contributed by atoms with Crippen LogP contribution in [0.25, 0.3) is 0 Å². The molecule has 1 aromatic carbocycles. The first-order valence-corrected chi connectivity index (χ1v) is 6.54. The summed E-state index contributed by atoms with van der Waals surface area (Å²) in [7, 11) is 4.37. The normalized spacial score (nSPS) is 9.95. The van der Waals surface area contributed by atoms with Gasteiger partial charge in [-0.25, -0.2) is 9.78 Å². The van der Waals surface area contributed by atoms with Crippen LogP contribution in [0.5, 0.6) is 11.6 Å². The summed E-state index contributed by atoms with van der Waals surface area (Å²) in [5.74, 6) is 0.932. The van der Waals surface area contributed by atoms with Crippen LogP contribution >= 0.6 is 0 Å². The Kier molecular flexibility index (Phi) is 5.13. The van der Waals surface area contributed by atoms with E-state index in [1.807, 2.05) is 6.07 Å². The Hall–Kier alpha value is -2.83. The van der Waals surface area contributed by atoms with Crippen molar-refractivity contribution in [1.82, 2.24) is 9.97 Å². The van der Waals surface area contributed by atoms with Crippen LogP contribution in [0.4, 0.5) is 5.95 Å². The van der Waals surface area contributed by atoms with E-state index in [2.05, 4.69) is 15.3 Å². The molecule has 0 amide bonds. The predicted octanol–water partition coefficient (Wildman–Crippen LogP) is 1.89. The first-order valence-electron chi connectivity index (χ1n) is 6.54. The van der Waals surface area contributed by atoms with E-state index in [0.29, 0.717) is 29.7 Å². The van der Waals surface area contributed by atoms with Crippen molar-refractivity contribution in [1.29, 1.82) is 0 Å². The van der Waals surface area contributed by atoms with E-state index in [1.165, 1.54) is 21.3 Å². The number of esters is 1. The van der Waals surface area contributed by atoms with Crippen LogP contribution in [-0.2, 0) is 11.3 Å². The van der Waals surface area contributed by atoms with Crippen LogP contribution in [0.15, 0.2) is 30.5 Å². The molecule has 0 atom stereocenters. The van der Waals surface area contributed by atoms with Gasteiger partial charge < -0.3 is 19.5 Å². The molecule has 0 saturated carbocycles. The molecule has 0 radical (unpaired) electrons. The summed E-state index contributed by atoms with van der Waals surface area (Å²) in [6.45, 7) is 0.446. The molecule has 7 nitrogen and oxygen atoms in total. The van der Waals surface area contributed by atoms with Crippen molar-refractivity contribution >= 4 is 11.9 Å². The molecule has 7 heteroatoms. The molecule has 0 fully saturated rings. The van der Waals surface area contributed by atoms with Crippen molar-refractivity contribution in [2.24, 2.45) is 0 Å². The molecule has 1 N–H and O–H groups in total. The lowest BCUT2D eigenvalue weighted by atomic mass is 10.1. The Morgan fingerprint density at radius 3 is 2.68 bits per heavy atom. The fraction of sp³-hybridized carbons (Fsp3) is 0.267. The lowest BCUT2D eigenvalue weighted by Crippen LogP contribution is -2.08. The summed E-state index contributed by atoms with van der Waals surface area (Å²) < 4.78 is 14.9. The topological polar surface area (TPSA) is 82.6 Å². The summed E-state index contributed by atoms with van der Waals surface area (Å²) in [4.78, 5) is 20.0. The summed E-state index contributed by atoms with van der Waals surface area (Å²) >= 11 is 0. The molecule has 0 saturated heterocycles. The maximum absolute atomic E-state index is 11.7. The number of nitrogens with zero attached hydrogens (tertiary/aromatic N) is 2. The smallest absolute Gasteiger partial charge is 0.341 e. The highest BCUT2D eigenvalue weighted by molar-refractivity contribution is 5.92. The quantitative estimate of drug-likeness (QED) is 0.816. The van der Waals surface area contributed by atoms with Gasteiger partial charge in [0.15, 0.2) is 0 Å². The maximum atomic E-state index is 11.7. The molecule has 1 aromatic heterocycles. The third kappa shape index (κ3) is 3.63. The van der Waals surface area contributed by atoms with Crippen LogP contribution in [0.1, 0.15) is 15.9 Å². The van der Waals surface area contributed by atoms with E-state index >= 15 is 0 Å². The largest absolute Gasteiger partial charge is 0.496 e. The minimum atomic E-state index is -0.448. The minimum absolute atomic E-state index is 0.371. The number of carbonyl (C=O) groups is 1. The highest BCUT2D eigenvalue weighted by Crippen LogP contribution is 2.21. The highest BCUT2D eigenvalue weighted by Gasteiger charge is 2.13. The van der Waals surface area contributed by atoms with E-state index in [9.17, 15) is 4.79 Å². The van der Waals surface area contributed by atoms with Crippen molar-refractivity contribution < 1.29 is 19.0 Å². The summed E-state index contributed by atoms with van der Waals surface area (Å²) in [6, 6.07) is 6.93. The van der Waals surface area contributed by atoms with Crippen LogP contribution in [0.2, 0.25) is 0 Å². The van der Waals surface area contributed by atoms with Gasteiger partial charge in [0, 0.05) is 18.8 Å². The number of hydrogen-bond acceptors (Lipinski definition) is 7. The SMILES string of the molecule is COC(=O)c1cc(CNc2nccc(OC)n2)ccc1OC. The lowest BCUT2D eigenvalue weighted by Gasteiger charge is -2.10. The second-order valence-electron chi connectivity index (χ2n) is 4.30. The van der Waals surface area contributed by atoms with E-state index in [0.717, 1.165) is 5.56 Å². The first kappa shape index (κ1) is 15.6. The van der Waals surface area contributed by atoms with E-state index in [-0.39, 0.29) is 0 Å². The molecule has 0 aliphatic heterocycles. The third-order valence-electron chi connectivity index (χ3n) is 2.96. The minimum Gasteiger partial charge on any atom is -0.496 e. The van der Waals surface area contributed by atoms with Crippen molar-refractivity contribution in [3.8, 4) is 11.6 Å². The summed E-state index contributed by atoms with van der Waals surface area (Å²) in [5, 5.41) is 3.06. The number of hydrogen-bond donors (Lipinski definition) is 1. The Morgan fingerprint density at radius 1 is 1.18 bits per heavy atom. The molecule has 2 aromatic rings. The third-order valence-corrected chi connectivity index (χ3v) is 2.96. The van der Waals surface area contributed by atoms with Gasteiger partial charge in [0.05, 0.1) is 21.3 Å². The standard InChI is InChI=1S/C15H17N3O4/c1-20-12-5-4-10(8-11(12)14(19)22-3)9-17-15-16-7-6-13(18-15)21-2/h4-8H,9H2,1-3H3,(H,16,17,18). The molecule has 22 heavy (non-hydrogen) atoms. The van der Waals surface area contributed by atoms with Gasteiger partial charge in [0.1, 0.15) is 11.3 Å². The van der Waals surface area contributed by atoms with Gasteiger partial charge in [0.2, 0.25) is 11.8 Å². The van der Waals surface area contributed by atoms with Crippen molar-refractivity contribution in [2.75, 3.05) is 26.6 Å². The zero-order valence-electron chi connectivity index (χ0n) is 12.6. The molecular weight excluding hydrogens is 286 g/mol. The number of benzene rings is 1. The zero-order chi connectivity index (χ0) is 15.9. The first-order chi connectivity index (χ1) is 10.7. The molecular formula is C15H17N3O4. The Morgan fingerprint density at radius 2 is 2.00 bits per heavy atom. The average molecular weight is 303 g/mol.